The van der Waals surface area contributed by atoms with Crippen LogP contribution in [0.1, 0.15) is 42.9 Å². The normalized spacial score (nSPS) is 13.8. The van der Waals surface area contributed by atoms with Gasteiger partial charge in [0, 0.05) is 12.0 Å². The maximum atomic E-state index is 13.6. The van der Waals surface area contributed by atoms with Gasteiger partial charge in [0.05, 0.1) is 23.9 Å². The van der Waals surface area contributed by atoms with E-state index in [4.69, 9.17) is 4.74 Å². The van der Waals surface area contributed by atoms with E-state index in [2.05, 4.69) is 6.07 Å². The molecule has 1 aliphatic rings. The first kappa shape index (κ1) is 23.0. The van der Waals surface area contributed by atoms with Gasteiger partial charge < -0.3 is 4.74 Å². The number of hydrogen-bond donors (Lipinski definition) is 0. The number of carbonyl (C=O) groups excluding carboxylic acids is 2. The van der Waals surface area contributed by atoms with Gasteiger partial charge in [0.2, 0.25) is 0 Å². The van der Waals surface area contributed by atoms with Gasteiger partial charge in [-0.2, -0.15) is 5.26 Å². The summed E-state index contributed by atoms with van der Waals surface area (Å²) in [7, 11) is 0. The van der Waals surface area contributed by atoms with E-state index in [-0.39, 0.29) is 12.4 Å². The van der Waals surface area contributed by atoms with Crippen molar-refractivity contribution in [2.24, 2.45) is 0 Å². The Balaban J connectivity index is 1.89. The predicted octanol–water partition coefficient (Wildman–Crippen LogP) is 6.31. The minimum Gasteiger partial charge on any atom is -0.447 e. The van der Waals surface area contributed by atoms with Crippen molar-refractivity contribution >= 4 is 23.1 Å². The maximum Gasteiger partial charge on any atom is 0.414 e. The number of amides is 1. The van der Waals surface area contributed by atoms with E-state index in [1.165, 1.54) is 4.90 Å². The molecule has 1 aliphatic heterocycles. The Kier molecular flexibility index (Phi) is 7.19. The lowest BCUT2D eigenvalue weighted by Gasteiger charge is -2.22. The zero-order valence-corrected chi connectivity index (χ0v) is 19.2. The number of benzene rings is 3. The Bertz CT molecular complexity index is 1240. The summed E-state index contributed by atoms with van der Waals surface area (Å²) in [4.78, 5) is 27.7. The zero-order chi connectivity index (χ0) is 23.9. The third-order valence-electron chi connectivity index (χ3n) is 5.87. The second-order valence-electron chi connectivity index (χ2n) is 8.15. The minimum absolute atomic E-state index is 0.0200. The van der Waals surface area contributed by atoms with Crippen molar-refractivity contribution in [3.8, 4) is 17.2 Å². The molecule has 1 heterocycles. The van der Waals surface area contributed by atoms with E-state index in [1.54, 1.807) is 24.3 Å². The van der Waals surface area contributed by atoms with Crippen molar-refractivity contribution in [3.63, 3.8) is 0 Å². The van der Waals surface area contributed by atoms with Crippen LogP contribution in [0.5, 0.6) is 0 Å². The van der Waals surface area contributed by atoms with Gasteiger partial charge in [-0.05, 0) is 40.8 Å². The molecule has 5 heteroatoms. The fourth-order valence-electron chi connectivity index (χ4n) is 4.09. The summed E-state index contributed by atoms with van der Waals surface area (Å²) >= 11 is 0. The molecule has 0 spiro atoms. The molecule has 5 nitrogen and oxygen atoms in total. The van der Waals surface area contributed by atoms with Crippen LogP contribution in [0.2, 0.25) is 0 Å². The number of allylic oxidation sites excluding steroid dienone is 1. The third kappa shape index (κ3) is 4.92. The van der Waals surface area contributed by atoms with Gasteiger partial charge in [-0.15, -0.1) is 0 Å². The Morgan fingerprint density at radius 3 is 2.18 bits per heavy atom. The number of rotatable bonds is 8. The first-order chi connectivity index (χ1) is 16.6. The lowest BCUT2D eigenvalue weighted by Crippen LogP contribution is -2.25. The molecule has 4 rings (SSSR count). The van der Waals surface area contributed by atoms with Crippen LogP contribution >= 0.6 is 0 Å². The second kappa shape index (κ2) is 10.6. The summed E-state index contributed by atoms with van der Waals surface area (Å²) in [6.07, 6.45) is 1.56. The molecule has 0 N–H and O–H groups in total. The molecule has 170 valence electrons. The van der Waals surface area contributed by atoms with Crippen LogP contribution in [0.15, 0.2) is 78.9 Å². The molecule has 1 saturated heterocycles. The second-order valence-corrected chi connectivity index (χ2v) is 8.15. The number of Topliss-reactive ketones (excluding diaryl/α,β-unsaturated/α-hetero) is 1. The van der Waals surface area contributed by atoms with E-state index in [0.717, 1.165) is 29.5 Å². The van der Waals surface area contributed by atoms with Gasteiger partial charge in [-0.3, -0.25) is 9.69 Å². The Hall–Kier alpha value is -4.17. The van der Waals surface area contributed by atoms with E-state index >= 15 is 0 Å². The number of cyclic esters (lactones) is 1. The van der Waals surface area contributed by atoms with Gasteiger partial charge in [0.1, 0.15) is 6.61 Å². The highest BCUT2D eigenvalue weighted by Crippen LogP contribution is 2.34. The van der Waals surface area contributed by atoms with E-state index in [9.17, 15) is 14.9 Å². The van der Waals surface area contributed by atoms with Crippen LogP contribution in [0.25, 0.3) is 22.4 Å². The Morgan fingerprint density at radius 2 is 1.59 bits per heavy atom. The van der Waals surface area contributed by atoms with Crippen molar-refractivity contribution < 1.29 is 14.3 Å². The quantitative estimate of drug-likeness (QED) is 0.298. The number of ketones is 1. The van der Waals surface area contributed by atoms with E-state index in [1.807, 2.05) is 61.5 Å². The molecule has 0 bridgehead atoms. The van der Waals surface area contributed by atoms with Crippen molar-refractivity contribution in [1.82, 2.24) is 4.90 Å². The monoisotopic (exact) mass is 450 g/mol. The third-order valence-corrected chi connectivity index (χ3v) is 5.87. The van der Waals surface area contributed by atoms with Gasteiger partial charge in [0.15, 0.2) is 5.78 Å². The van der Waals surface area contributed by atoms with E-state index in [0.29, 0.717) is 35.4 Å². The number of unbranched alkanes of at least 4 members (excludes halogenated alkanes) is 1. The van der Waals surface area contributed by atoms with Gasteiger partial charge in [0.25, 0.3) is 0 Å². The van der Waals surface area contributed by atoms with Crippen LogP contribution in [-0.4, -0.2) is 29.9 Å². The van der Waals surface area contributed by atoms with E-state index < -0.39 is 6.09 Å². The minimum atomic E-state index is -0.471. The Morgan fingerprint density at radius 1 is 0.941 bits per heavy atom. The molecule has 1 amide bonds. The van der Waals surface area contributed by atoms with Crippen LogP contribution in [0.4, 0.5) is 4.79 Å². The molecule has 34 heavy (non-hydrogen) atoms. The maximum absolute atomic E-state index is 13.6. The molecule has 3 aromatic rings. The molecule has 0 unspecified atom stereocenters. The topological polar surface area (TPSA) is 70.4 Å². The van der Waals surface area contributed by atoms with Crippen molar-refractivity contribution in [1.29, 1.82) is 5.26 Å². The molecule has 0 aromatic heterocycles. The highest BCUT2D eigenvalue weighted by Gasteiger charge is 2.31. The number of nitrogens with zero attached hydrogens (tertiary/aromatic N) is 2. The number of carbonyl (C=O) groups is 2. The molecule has 0 radical (unpaired) electrons. The van der Waals surface area contributed by atoms with Gasteiger partial charge in [-0.1, -0.05) is 80.1 Å². The standard InChI is InChI=1S/C29H26N2O3/c1-2-3-9-26(32)27(24-16-14-23(15-17-24)22-7-5-4-6-8-22)28(31-18-19-34-29(31)33)25-12-10-21(20-30)11-13-25/h4-8,10-17H,2-3,9,18-19H2,1H3/b28-27+. The summed E-state index contributed by atoms with van der Waals surface area (Å²) in [5.41, 5.74) is 5.12. The van der Waals surface area contributed by atoms with Crippen LogP contribution in [0, 0.1) is 11.3 Å². The summed E-state index contributed by atoms with van der Waals surface area (Å²) in [5, 5.41) is 9.21. The molecule has 0 saturated carbocycles. The molecular formula is C29H26N2O3. The largest absolute Gasteiger partial charge is 0.447 e. The zero-order valence-electron chi connectivity index (χ0n) is 19.2. The molecule has 0 aliphatic carbocycles. The van der Waals surface area contributed by atoms with Crippen molar-refractivity contribution in [2.45, 2.75) is 26.2 Å². The lowest BCUT2D eigenvalue weighted by atomic mass is 9.91. The molecular weight excluding hydrogens is 424 g/mol. The van der Waals surface area contributed by atoms with Crippen molar-refractivity contribution in [2.75, 3.05) is 13.2 Å². The van der Waals surface area contributed by atoms with Crippen LogP contribution in [-0.2, 0) is 9.53 Å². The number of ether oxygens (including phenoxy) is 1. The molecule has 1 fully saturated rings. The lowest BCUT2D eigenvalue weighted by molar-refractivity contribution is -0.113. The summed E-state index contributed by atoms with van der Waals surface area (Å²) < 4.78 is 5.23. The first-order valence-corrected chi connectivity index (χ1v) is 11.5. The summed E-state index contributed by atoms with van der Waals surface area (Å²) in [6.45, 7) is 2.67. The first-order valence-electron chi connectivity index (χ1n) is 11.5. The van der Waals surface area contributed by atoms with Gasteiger partial charge in [-0.25, -0.2) is 4.79 Å². The van der Waals surface area contributed by atoms with Gasteiger partial charge >= 0.3 is 6.09 Å². The smallest absolute Gasteiger partial charge is 0.414 e. The number of nitriles is 1. The Labute approximate surface area is 199 Å². The predicted molar refractivity (Wildman–Crippen MR) is 132 cm³/mol. The molecule has 0 atom stereocenters. The number of hydrogen-bond acceptors (Lipinski definition) is 4. The van der Waals surface area contributed by atoms with Crippen LogP contribution < -0.4 is 0 Å². The average Bonchev–Trinajstić information content (AvgIpc) is 3.31. The highest BCUT2D eigenvalue weighted by atomic mass is 16.6. The summed E-state index contributed by atoms with van der Waals surface area (Å²) in [6, 6.07) is 27.0. The SMILES string of the molecule is CCCCC(=O)/C(=C(\c1ccc(C#N)cc1)N1CCOC1=O)c1ccc(-c2ccccc2)cc1. The van der Waals surface area contributed by atoms with Crippen molar-refractivity contribution in [3.05, 3.63) is 95.6 Å². The molecule has 3 aromatic carbocycles. The fourth-order valence-corrected chi connectivity index (χ4v) is 4.09. The fraction of sp³-hybridized carbons (Fsp3) is 0.207. The average molecular weight is 451 g/mol. The summed E-state index contributed by atoms with van der Waals surface area (Å²) in [5.74, 6) is -0.0200. The van der Waals surface area contributed by atoms with Crippen LogP contribution in [0.3, 0.4) is 0 Å². The highest BCUT2D eigenvalue weighted by molar-refractivity contribution is 6.28.